The summed E-state index contributed by atoms with van der Waals surface area (Å²) in [7, 11) is 0. The van der Waals surface area contributed by atoms with Crippen LogP contribution in [0, 0.1) is 5.82 Å². The van der Waals surface area contributed by atoms with E-state index in [1.807, 2.05) is 20.8 Å². The average molecular weight is 253 g/mol. The van der Waals surface area contributed by atoms with Crippen molar-refractivity contribution >= 4 is 11.9 Å². The fraction of sp³-hybridized carbons (Fsp3) is 0.385. The van der Waals surface area contributed by atoms with Gasteiger partial charge < -0.3 is 10.1 Å². The van der Waals surface area contributed by atoms with Gasteiger partial charge >= 0.3 is 5.97 Å². The molecule has 1 aromatic carbocycles. The number of nitrogens with one attached hydrogen (secondary N) is 1. The van der Waals surface area contributed by atoms with Gasteiger partial charge in [-0.2, -0.15) is 0 Å². The number of carbonyl (C=O) groups excluding carboxylic acids is 2. The summed E-state index contributed by atoms with van der Waals surface area (Å²) >= 11 is 0. The van der Waals surface area contributed by atoms with Crippen molar-refractivity contribution in [2.45, 2.75) is 26.3 Å². The lowest BCUT2D eigenvalue weighted by Gasteiger charge is -2.20. The molecule has 0 fully saturated rings. The van der Waals surface area contributed by atoms with Crippen molar-refractivity contribution in [2.75, 3.05) is 6.61 Å². The van der Waals surface area contributed by atoms with Gasteiger partial charge in [-0.3, -0.25) is 4.79 Å². The largest absolute Gasteiger partial charge is 0.452 e. The minimum Gasteiger partial charge on any atom is -0.452 e. The van der Waals surface area contributed by atoms with Crippen molar-refractivity contribution in [3.63, 3.8) is 0 Å². The van der Waals surface area contributed by atoms with Crippen LogP contribution in [-0.2, 0) is 9.53 Å². The minimum atomic E-state index is -0.724. The van der Waals surface area contributed by atoms with E-state index in [9.17, 15) is 14.0 Å². The van der Waals surface area contributed by atoms with Crippen molar-refractivity contribution in [3.8, 4) is 0 Å². The van der Waals surface area contributed by atoms with Gasteiger partial charge in [-0.1, -0.05) is 6.07 Å². The molecule has 0 bridgehead atoms. The lowest BCUT2D eigenvalue weighted by molar-refractivity contribution is -0.125. The third kappa shape index (κ3) is 4.95. The van der Waals surface area contributed by atoms with E-state index in [-0.39, 0.29) is 17.7 Å². The summed E-state index contributed by atoms with van der Waals surface area (Å²) in [5.74, 6) is -1.64. The van der Waals surface area contributed by atoms with Crippen LogP contribution in [0.3, 0.4) is 0 Å². The molecule has 0 saturated heterocycles. The SMILES string of the molecule is CC(C)(C)NC(=O)COC(=O)c1cccc(F)c1. The van der Waals surface area contributed by atoms with Crippen LogP contribution >= 0.6 is 0 Å². The zero-order chi connectivity index (χ0) is 13.8. The first-order valence-electron chi connectivity index (χ1n) is 5.51. The normalized spacial score (nSPS) is 10.9. The Bertz CT molecular complexity index is 452. The van der Waals surface area contributed by atoms with Gasteiger partial charge in [-0.15, -0.1) is 0 Å². The van der Waals surface area contributed by atoms with Gasteiger partial charge in [0, 0.05) is 5.54 Å². The van der Waals surface area contributed by atoms with Gasteiger partial charge in [-0.05, 0) is 39.0 Å². The number of benzene rings is 1. The van der Waals surface area contributed by atoms with E-state index >= 15 is 0 Å². The van der Waals surface area contributed by atoms with Gasteiger partial charge in [0.05, 0.1) is 5.56 Å². The molecular weight excluding hydrogens is 237 g/mol. The van der Waals surface area contributed by atoms with Crippen LogP contribution in [0.15, 0.2) is 24.3 Å². The van der Waals surface area contributed by atoms with Crippen LogP contribution in [-0.4, -0.2) is 24.0 Å². The van der Waals surface area contributed by atoms with Crippen LogP contribution < -0.4 is 5.32 Å². The molecule has 0 heterocycles. The highest BCUT2D eigenvalue weighted by atomic mass is 19.1. The summed E-state index contributed by atoms with van der Waals surface area (Å²) < 4.78 is 17.6. The smallest absolute Gasteiger partial charge is 0.338 e. The number of halogens is 1. The predicted molar refractivity (Wildman–Crippen MR) is 64.6 cm³/mol. The van der Waals surface area contributed by atoms with E-state index in [2.05, 4.69) is 5.32 Å². The maximum Gasteiger partial charge on any atom is 0.338 e. The summed E-state index contributed by atoms with van der Waals surface area (Å²) in [6.45, 7) is 5.07. The molecule has 0 atom stereocenters. The van der Waals surface area contributed by atoms with Crippen molar-refractivity contribution < 1.29 is 18.7 Å². The number of rotatable bonds is 3. The van der Waals surface area contributed by atoms with E-state index in [1.54, 1.807) is 0 Å². The Morgan fingerprint density at radius 1 is 1.33 bits per heavy atom. The molecule has 1 amide bonds. The molecule has 4 nitrogen and oxygen atoms in total. The molecule has 0 spiro atoms. The Hall–Kier alpha value is -1.91. The maximum absolute atomic E-state index is 12.9. The number of carbonyl (C=O) groups is 2. The molecule has 98 valence electrons. The molecule has 0 aliphatic carbocycles. The quantitative estimate of drug-likeness (QED) is 0.837. The standard InChI is InChI=1S/C13H16FNO3/c1-13(2,3)15-11(16)8-18-12(17)9-5-4-6-10(14)7-9/h4-7H,8H2,1-3H3,(H,15,16). The highest BCUT2D eigenvalue weighted by Crippen LogP contribution is 2.05. The first-order valence-corrected chi connectivity index (χ1v) is 5.51. The van der Waals surface area contributed by atoms with Gasteiger partial charge in [0.2, 0.25) is 0 Å². The minimum absolute atomic E-state index is 0.0820. The molecule has 5 heteroatoms. The van der Waals surface area contributed by atoms with E-state index in [1.165, 1.54) is 18.2 Å². The van der Waals surface area contributed by atoms with Crippen molar-refractivity contribution in [1.82, 2.24) is 5.32 Å². The molecular formula is C13H16FNO3. The summed E-state index contributed by atoms with van der Waals surface area (Å²) in [5.41, 5.74) is -0.305. The highest BCUT2D eigenvalue weighted by molar-refractivity contribution is 5.91. The van der Waals surface area contributed by atoms with Crippen molar-refractivity contribution in [3.05, 3.63) is 35.6 Å². The number of ether oxygens (including phenoxy) is 1. The predicted octanol–water partition coefficient (Wildman–Crippen LogP) is 1.90. The fourth-order valence-electron chi connectivity index (χ4n) is 1.28. The monoisotopic (exact) mass is 253 g/mol. The molecule has 0 radical (unpaired) electrons. The van der Waals surface area contributed by atoms with Crippen LogP contribution in [0.25, 0.3) is 0 Å². The molecule has 0 saturated carbocycles. The second-order valence-electron chi connectivity index (χ2n) is 4.88. The van der Waals surface area contributed by atoms with E-state index in [0.717, 1.165) is 6.07 Å². The maximum atomic E-state index is 12.9. The Labute approximate surface area is 105 Å². The molecule has 0 aliphatic heterocycles. The number of hydrogen-bond donors (Lipinski definition) is 1. The molecule has 0 aliphatic rings. The Morgan fingerprint density at radius 3 is 2.56 bits per heavy atom. The van der Waals surface area contributed by atoms with Crippen LogP contribution in [0.1, 0.15) is 31.1 Å². The second-order valence-corrected chi connectivity index (χ2v) is 4.88. The average Bonchev–Trinajstić information content (AvgIpc) is 2.23. The number of esters is 1. The summed E-state index contributed by atoms with van der Waals surface area (Å²) in [4.78, 5) is 22.9. The third-order valence-electron chi connectivity index (χ3n) is 1.91. The Balaban J connectivity index is 2.49. The first kappa shape index (κ1) is 14.2. The molecule has 0 unspecified atom stereocenters. The van der Waals surface area contributed by atoms with E-state index in [4.69, 9.17) is 4.74 Å². The number of hydrogen-bond acceptors (Lipinski definition) is 3. The van der Waals surface area contributed by atoms with Crippen LogP contribution in [0.2, 0.25) is 0 Å². The molecule has 18 heavy (non-hydrogen) atoms. The molecule has 0 aromatic heterocycles. The summed E-state index contributed by atoms with van der Waals surface area (Å²) in [6, 6.07) is 5.11. The van der Waals surface area contributed by atoms with Gasteiger partial charge in [0.25, 0.3) is 5.91 Å². The van der Waals surface area contributed by atoms with Crippen molar-refractivity contribution in [2.24, 2.45) is 0 Å². The van der Waals surface area contributed by atoms with Gasteiger partial charge in [0.1, 0.15) is 5.82 Å². The number of amides is 1. The second kappa shape index (κ2) is 5.62. The molecule has 1 rings (SSSR count). The van der Waals surface area contributed by atoms with Crippen LogP contribution in [0.5, 0.6) is 0 Å². The lowest BCUT2D eigenvalue weighted by Crippen LogP contribution is -2.42. The Kier molecular flexibility index (Phi) is 4.42. The third-order valence-corrected chi connectivity index (χ3v) is 1.91. The lowest BCUT2D eigenvalue weighted by atomic mass is 10.1. The van der Waals surface area contributed by atoms with E-state index in [0.29, 0.717) is 0 Å². The van der Waals surface area contributed by atoms with Crippen molar-refractivity contribution in [1.29, 1.82) is 0 Å². The van der Waals surface area contributed by atoms with E-state index < -0.39 is 17.7 Å². The summed E-state index contributed by atoms with van der Waals surface area (Å²) in [6.07, 6.45) is 0. The zero-order valence-electron chi connectivity index (χ0n) is 10.6. The van der Waals surface area contributed by atoms with Gasteiger partial charge in [-0.25, -0.2) is 9.18 Å². The van der Waals surface area contributed by atoms with Gasteiger partial charge in [0.15, 0.2) is 6.61 Å². The first-order chi connectivity index (χ1) is 8.28. The Morgan fingerprint density at radius 2 is 2.00 bits per heavy atom. The highest BCUT2D eigenvalue weighted by Gasteiger charge is 2.16. The fourth-order valence-corrected chi connectivity index (χ4v) is 1.28. The zero-order valence-corrected chi connectivity index (χ0v) is 10.6. The van der Waals surface area contributed by atoms with Crippen LogP contribution in [0.4, 0.5) is 4.39 Å². The molecule has 1 aromatic rings. The summed E-state index contributed by atoms with van der Waals surface area (Å²) in [5, 5.41) is 2.65. The molecule has 1 N–H and O–H groups in total. The topological polar surface area (TPSA) is 55.4 Å².